The number of aromatic amines is 1. The molecule has 1 atom stereocenters. The zero-order valence-corrected chi connectivity index (χ0v) is 7.73. The number of nitrogens with zero attached hydrogens (tertiary/aromatic N) is 2. The summed E-state index contributed by atoms with van der Waals surface area (Å²) in [7, 11) is 0. The Morgan fingerprint density at radius 2 is 2.50 bits per heavy atom. The van der Waals surface area contributed by atoms with Gasteiger partial charge >= 0.3 is 0 Å². The van der Waals surface area contributed by atoms with Crippen LogP contribution in [0.4, 0.5) is 0 Å². The molecule has 1 aliphatic rings. The van der Waals surface area contributed by atoms with Gasteiger partial charge in [-0.2, -0.15) is 5.10 Å². The van der Waals surface area contributed by atoms with E-state index in [1.807, 2.05) is 6.07 Å². The molecular weight excluding hydrogens is 178 g/mol. The number of fused-ring (bicyclic) bond motifs is 1. The zero-order chi connectivity index (χ0) is 9.38. The van der Waals surface area contributed by atoms with Crippen LogP contribution in [0.1, 0.15) is 18.0 Å². The van der Waals surface area contributed by atoms with Crippen molar-refractivity contribution in [3.63, 3.8) is 0 Å². The van der Waals surface area contributed by atoms with Crippen LogP contribution in [0.3, 0.4) is 0 Å². The second-order valence-electron chi connectivity index (χ2n) is 3.57. The molecule has 1 saturated heterocycles. The molecule has 0 aliphatic carbocycles. The van der Waals surface area contributed by atoms with Crippen molar-refractivity contribution in [3.8, 4) is 0 Å². The SMILES string of the molecule is c1cnc2n[nH]c(C3CCOC3)c2c1. The van der Waals surface area contributed by atoms with Crippen LogP contribution in [0.15, 0.2) is 18.3 Å². The standard InChI is InChI=1S/C10H11N3O/c1-2-8-9(7-3-5-14-6-7)12-13-10(8)11-4-1/h1-2,4,7H,3,5-6H2,(H,11,12,13). The summed E-state index contributed by atoms with van der Waals surface area (Å²) < 4.78 is 5.36. The minimum absolute atomic E-state index is 0.462. The second kappa shape index (κ2) is 3.06. The Bertz CT molecular complexity index is 445. The van der Waals surface area contributed by atoms with Gasteiger partial charge in [0.05, 0.1) is 12.3 Å². The van der Waals surface area contributed by atoms with Crippen molar-refractivity contribution in [3.05, 3.63) is 24.0 Å². The summed E-state index contributed by atoms with van der Waals surface area (Å²) in [5.41, 5.74) is 1.97. The first-order valence-corrected chi connectivity index (χ1v) is 4.82. The molecule has 0 saturated carbocycles. The van der Waals surface area contributed by atoms with Crippen LogP contribution in [0.5, 0.6) is 0 Å². The molecule has 4 heteroatoms. The van der Waals surface area contributed by atoms with E-state index >= 15 is 0 Å². The fraction of sp³-hybridized carbons (Fsp3) is 0.400. The minimum atomic E-state index is 0.462. The van der Waals surface area contributed by atoms with Crippen LogP contribution in [-0.2, 0) is 4.74 Å². The molecule has 3 rings (SSSR count). The van der Waals surface area contributed by atoms with Gasteiger partial charge in [0, 0.05) is 24.1 Å². The molecule has 72 valence electrons. The third-order valence-electron chi connectivity index (χ3n) is 2.70. The fourth-order valence-electron chi connectivity index (χ4n) is 1.94. The van der Waals surface area contributed by atoms with Crippen molar-refractivity contribution in [2.75, 3.05) is 13.2 Å². The van der Waals surface area contributed by atoms with Gasteiger partial charge in [-0.15, -0.1) is 0 Å². The van der Waals surface area contributed by atoms with E-state index in [1.165, 1.54) is 5.69 Å². The highest BCUT2D eigenvalue weighted by atomic mass is 16.5. The topological polar surface area (TPSA) is 50.8 Å². The first-order chi connectivity index (χ1) is 6.95. The largest absolute Gasteiger partial charge is 0.381 e. The lowest BCUT2D eigenvalue weighted by atomic mass is 10.0. The van der Waals surface area contributed by atoms with Gasteiger partial charge in [-0.05, 0) is 18.6 Å². The maximum Gasteiger partial charge on any atom is 0.181 e. The van der Waals surface area contributed by atoms with E-state index in [2.05, 4.69) is 21.2 Å². The number of hydrogen-bond acceptors (Lipinski definition) is 3. The molecule has 1 aliphatic heterocycles. The molecule has 3 heterocycles. The van der Waals surface area contributed by atoms with Crippen molar-refractivity contribution in [2.24, 2.45) is 0 Å². The van der Waals surface area contributed by atoms with E-state index < -0.39 is 0 Å². The lowest BCUT2D eigenvalue weighted by Crippen LogP contribution is -1.98. The number of ether oxygens (including phenoxy) is 1. The van der Waals surface area contributed by atoms with Crippen LogP contribution in [0.2, 0.25) is 0 Å². The smallest absolute Gasteiger partial charge is 0.181 e. The van der Waals surface area contributed by atoms with Gasteiger partial charge in [-0.3, -0.25) is 5.10 Å². The molecule has 2 aromatic rings. The summed E-state index contributed by atoms with van der Waals surface area (Å²) in [6, 6.07) is 4.00. The van der Waals surface area contributed by atoms with Crippen molar-refractivity contribution in [1.82, 2.24) is 15.2 Å². The molecule has 0 spiro atoms. The van der Waals surface area contributed by atoms with Crippen LogP contribution >= 0.6 is 0 Å². The minimum Gasteiger partial charge on any atom is -0.381 e. The highest BCUT2D eigenvalue weighted by molar-refractivity contribution is 5.77. The molecular formula is C10H11N3O. The molecule has 14 heavy (non-hydrogen) atoms. The Morgan fingerprint density at radius 1 is 1.50 bits per heavy atom. The predicted molar refractivity (Wildman–Crippen MR) is 52.1 cm³/mol. The number of hydrogen-bond donors (Lipinski definition) is 1. The summed E-state index contributed by atoms with van der Waals surface area (Å²) in [5, 5.41) is 8.36. The number of nitrogens with one attached hydrogen (secondary N) is 1. The van der Waals surface area contributed by atoms with E-state index in [0.717, 1.165) is 30.7 Å². The van der Waals surface area contributed by atoms with Crippen LogP contribution in [0, 0.1) is 0 Å². The van der Waals surface area contributed by atoms with E-state index in [0.29, 0.717) is 5.92 Å². The molecule has 0 bridgehead atoms. The van der Waals surface area contributed by atoms with E-state index in [1.54, 1.807) is 6.20 Å². The maximum atomic E-state index is 5.36. The van der Waals surface area contributed by atoms with E-state index in [9.17, 15) is 0 Å². The predicted octanol–water partition coefficient (Wildman–Crippen LogP) is 1.46. The molecule has 1 unspecified atom stereocenters. The maximum absolute atomic E-state index is 5.36. The van der Waals surface area contributed by atoms with Crippen molar-refractivity contribution < 1.29 is 4.74 Å². The van der Waals surface area contributed by atoms with Crippen LogP contribution < -0.4 is 0 Å². The van der Waals surface area contributed by atoms with Crippen molar-refractivity contribution in [1.29, 1.82) is 0 Å². The summed E-state index contributed by atoms with van der Waals surface area (Å²) in [5.74, 6) is 0.462. The van der Waals surface area contributed by atoms with Gasteiger partial charge < -0.3 is 4.74 Å². The lowest BCUT2D eigenvalue weighted by Gasteiger charge is -2.03. The molecule has 0 radical (unpaired) electrons. The molecule has 1 fully saturated rings. The quantitative estimate of drug-likeness (QED) is 0.738. The average molecular weight is 189 g/mol. The first kappa shape index (κ1) is 7.94. The summed E-state index contributed by atoms with van der Waals surface area (Å²) in [6.45, 7) is 1.65. The molecule has 0 amide bonds. The first-order valence-electron chi connectivity index (χ1n) is 4.82. The normalized spacial score (nSPS) is 21.9. The average Bonchev–Trinajstić information content (AvgIpc) is 2.85. The highest BCUT2D eigenvalue weighted by Gasteiger charge is 2.21. The number of pyridine rings is 1. The number of rotatable bonds is 1. The number of H-pyrrole nitrogens is 1. The Hall–Kier alpha value is -1.42. The third-order valence-corrected chi connectivity index (χ3v) is 2.70. The van der Waals surface area contributed by atoms with Gasteiger partial charge in [0.1, 0.15) is 0 Å². The van der Waals surface area contributed by atoms with Gasteiger partial charge in [0.15, 0.2) is 5.65 Å². The van der Waals surface area contributed by atoms with Gasteiger partial charge in [-0.25, -0.2) is 4.98 Å². The van der Waals surface area contributed by atoms with Crippen molar-refractivity contribution >= 4 is 11.0 Å². The van der Waals surface area contributed by atoms with Crippen LogP contribution in [0.25, 0.3) is 11.0 Å². The zero-order valence-electron chi connectivity index (χ0n) is 7.73. The second-order valence-corrected chi connectivity index (χ2v) is 3.57. The fourth-order valence-corrected chi connectivity index (χ4v) is 1.94. The van der Waals surface area contributed by atoms with Gasteiger partial charge in [-0.1, -0.05) is 0 Å². The van der Waals surface area contributed by atoms with Crippen LogP contribution in [-0.4, -0.2) is 28.4 Å². The van der Waals surface area contributed by atoms with Gasteiger partial charge in [0.25, 0.3) is 0 Å². The molecule has 1 N–H and O–H groups in total. The van der Waals surface area contributed by atoms with E-state index in [-0.39, 0.29) is 0 Å². The number of aromatic nitrogens is 3. The van der Waals surface area contributed by atoms with Gasteiger partial charge in [0.2, 0.25) is 0 Å². The van der Waals surface area contributed by atoms with E-state index in [4.69, 9.17) is 4.74 Å². The summed E-state index contributed by atoms with van der Waals surface area (Å²) >= 11 is 0. The Morgan fingerprint density at radius 3 is 3.36 bits per heavy atom. The Kier molecular flexibility index (Phi) is 1.73. The molecule has 2 aromatic heterocycles. The monoisotopic (exact) mass is 189 g/mol. The van der Waals surface area contributed by atoms with Crippen molar-refractivity contribution in [2.45, 2.75) is 12.3 Å². The molecule has 4 nitrogen and oxygen atoms in total. The Labute approximate surface area is 81.3 Å². The lowest BCUT2D eigenvalue weighted by molar-refractivity contribution is 0.193. The highest BCUT2D eigenvalue weighted by Crippen LogP contribution is 2.28. The Balaban J connectivity index is 2.11. The third kappa shape index (κ3) is 1.11. The molecule has 0 aromatic carbocycles. The summed E-state index contributed by atoms with van der Waals surface area (Å²) in [4.78, 5) is 4.19. The summed E-state index contributed by atoms with van der Waals surface area (Å²) in [6.07, 6.45) is 2.84.